The summed E-state index contributed by atoms with van der Waals surface area (Å²) in [6.45, 7) is 2.03. The number of nitrogens with zero attached hydrogens (tertiary/aromatic N) is 3. The van der Waals surface area contributed by atoms with E-state index in [-0.39, 0.29) is 12.5 Å². The van der Waals surface area contributed by atoms with Gasteiger partial charge in [-0.25, -0.2) is 4.79 Å². The molecule has 20 heavy (non-hydrogen) atoms. The quantitative estimate of drug-likeness (QED) is 0.823. The van der Waals surface area contributed by atoms with Crippen molar-refractivity contribution in [3.8, 4) is 0 Å². The Hall–Kier alpha value is -2.56. The smallest absolute Gasteiger partial charge is 0.273 e. The lowest BCUT2D eigenvalue weighted by Gasteiger charge is -2.28. The highest BCUT2D eigenvalue weighted by atomic mass is 16.2. The number of hydrogen-bond acceptors (Lipinski definition) is 3. The lowest BCUT2D eigenvalue weighted by atomic mass is 9.95. The molecule has 0 saturated carbocycles. The summed E-state index contributed by atoms with van der Waals surface area (Å²) in [5.74, 6) is -0.702. The third-order valence-corrected chi connectivity index (χ3v) is 3.25. The first-order valence-electron chi connectivity index (χ1n) is 6.36. The van der Waals surface area contributed by atoms with Crippen LogP contribution in [0.2, 0.25) is 0 Å². The maximum absolute atomic E-state index is 12.4. The fourth-order valence-corrected chi connectivity index (χ4v) is 2.28. The predicted octanol–water partition coefficient (Wildman–Crippen LogP) is 2.04. The molecule has 1 aromatic heterocycles. The summed E-state index contributed by atoms with van der Waals surface area (Å²) < 4.78 is 0. The van der Waals surface area contributed by atoms with E-state index in [0.717, 1.165) is 10.6 Å². The summed E-state index contributed by atoms with van der Waals surface area (Å²) in [5, 5.41) is 0. The van der Waals surface area contributed by atoms with E-state index in [1.165, 1.54) is 0 Å². The Labute approximate surface area is 116 Å². The van der Waals surface area contributed by atoms with Gasteiger partial charge in [-0.3, -0.25) is 14.7 Å². The molecule has 0 saturated heterocycles. The van der Waals surface area contributed by atoms with Gasteiger partial charge in [0, 0.05) is 5.69 Å². The summed E-state index contributed by atoms with van der Waals surface area (Å²) in [4.78, 5) is 33.8. The number of carbonyl (C=O) groups is 2. The van der Waals surface area contributed by atoms with Crippen molar-refractivity contribution in [2.45, 2.75) is 13.5 Å². The van der Waals surface area contributed by atoms with Crippen LogP contribution in [0.5, 0.6) is 0 Å². The molecule has 100 valence electrons. The van der Waals surface area contributed by atoms with Crippen molar-refractivity contribution < 1.29 is 9.59 Å². The Bertz CT molecular complexity index is 673. The minimum atomic E-state index is -0.524. The minimum absolute atomic E-state index is 0.157. The normalized spacial score (nSPS) is 20.9. The second-order valence-corrected chi connectivity index (χ2v) is 4.74. The molecule has 2 aliphatic rings. The standard InChI is InChI=1S/C15H13N3O2/c1-10-5-4-6-11(16-10)9-18-14(19)12-7-2-3-8-13(12)17-15(18)20/h2-8,12H,9H2,1H3. The van der Waals surface area contributed by atoms with Crippen molar-refractivity contribution in [2.24, 2.45) is 10.9 Å². The Balaban J connectivity index is 1.89. The number of aromatic nitrogens is 1. The van der Waals surface area contributed by atoms with Crippen molar-refractivity contribution in [3.05, 3.63) is 53.9 Å². The summed E-state index contributed by atoms with van der Waals surface area (Å²) in [5.41, 5.74) is 2.04. The fourth-order valence-electron chi connectivity index (χ4n) is 2.28. The highest BCUT2D eigenvalue weighted by Gasteiger charge is 2.35. The van der Waals surface area contributed by atoms with Gasteiger partial charge in [-0.1, -0.05) is 24.3 Å². The van der Waals surface area contributed by atoms with Crippen molar-refractivity contribution in [1.29, 1.82) is 0 Å². The van der Waals surface area contributed by atoms with E-state index in [1.54, 1.807) is 30.4 Å². The largest absolute Gasteiger partial charge is 0.350 e. The van der Waals surface area contributed by atoms with E-state index in [4.69, 9.17) is 0 Å². The van der Waals surface area contributed by atoms with E-state index in [1.807, 2.05) is 19.1 Å². The summed E-state index contributed by atoms with van der Waals surface area (Å²) in [7, 11) is 0. The first kappa shape index (κ1) is 12.5. The second-order valence-electron chi connectivity index (χ2n) is 4.74. The van der Waals surface area contributed by atoms with E-state index in [9.17, 15) is 9.59 Å². The van der Waals surface area contributed by atoms with Gasteiger partial charge in [0.05, 0.1) is 23.9 Å². The number of aliphatic imine (C=N–C) groups is 1. The van der Waals surface area contributed by atoms with Gasteiger partial charge in [-0.2, -0.15) is 4.99 Å². The number of rotatable bonds is 2. The summed E-state index contributed by atoms with van der Waals surface area (Å²) in [6, 6.07) is 5.00. The maximum atomic E-state index is 12.4. The van der Waals surface area contributed by atoms with Gasteiger partial charge in [0.1, 0.15) is 0 Å². The molecule has 0 spiro atoms. The first-order valence-corrected chi connectivity index (χ1v) is 6.36. The molecule has 5 heteroatoms. The number of amides is 3. The Morgan fingerprint density at radius 1 is 1.25 bits per heavy atom. The van der Waals surface area contributed by atoms with Gasteiger partial charge in [0.2, 0.25) is 5.91 Å². The van der Waals surface area contributed by atoms with Gasteiger partial charge in [-0.05, 0) is 25.1 Å². The number of urea groups is 1. The molecule has 1 aliphatic heterocycles. The van der Waals surface area contributed by atoms with Crippen molar-refractivity contribution in [1.82, 2.24) is 9.88 Å². The Morgan fingerprint density at radius 3 is 2.90 bits per heavy atom. The monoisotopic (exact) mass is 267 g/mol. The summed E-state index contributed by atoms with van der Waals surface area (Å²) >= 11 is 0. The lowest BCUT2D eigenvalue weighted by Crippen LogP contribution is -2.45. The second kappa shape index (κ2) is 4.85. The average molecular weight is 267 g/mol. The Kier molecular flexibility index (Phi) is 3.02. The predicted molar refractivity (Wildman–Crippen MR) is 74.1 cm³/mol. The molecule has 5 nitrogen and oxygen atoms in total. The third-order valence-electron chi connectivity index (χ3n) is 3.25. The average Bonchev–Trinajstić information content (AvgIpc) is 2.43. The van der Waals surface area contributed by atoms with Crippen molar-refractivity contribution >= 4 is 17.6 Å². The topological polar surface area (TPSA) is 62.6 Å². The molecular weight excluding hydrogens is 254 g/mol. The van der Waals surface area contributed by atoms with Gasteiger partial charge < -0.3 is 0 Å². The number of hydrogen-bond donors (Lipinski definition) is 0. The van der Waals surface area contributed by atoms with Crippen LogP contribution in [0, 0.1) is 12.8 Å². The van der Waals surface area contributed by atoms with Gasteiger partial charge >= 0.3 is 6.03 Å². The SMILES string of the molecule is Cc1cccc(CN2C(=O)N=C3C=CC=CC3C2=O)n1. The fraction of sp³-hybridized carbons (Fsp3) is 0.200. The minimum Gasteiger partial charge on any atom is -0.273 e. The number of allylic oxidation sites excluding steroid dienone is 3. The highest BCUT2D eigenvalue weighted by molar-refractivity contribution is 6.21. The molecule has 1 unspecified atom stereocenters. The molecule has 3 rings (SSSR count). The van der Waals surface area contributed by atoms with Crippen LogP contribution in [-0.2, 0) is 11.3 Å². The molecule has 0 fully saturated rings. The van der Waals surface area contributed by atoms with Crippen LogP contribution in [0.15, 0.2) is 47.5 Å². The van der Waals surface area contributed by atoms with Crippen LogP contribution in [0.3, 0.4) is 0 Å². The molecule has 0 N–H and O–H groups in total. The van der Waals surface area contributed by atoms with Crippen LogP contribution in [-0.4, -0.2) is 27.5 Å². The number of fused-ring (bicyclic) bond motifs is 1. The Morgan fingerprint density at radius 2 is 2.10 bits per heavy atom. The van der Waals surface area contributed by atoms with E-state index >= 15 is 0 Å². The maximum Gasteiger partial charge on any atom is 0.350 e. The zero-order chi connectivity index (χ0) is 14.1. The molecule has 1 atom stereocenters. The zero-order valence-electron chi connectivity index (χ0n) is 11.0. The number of imide groups is 1. The van der Waals surface area contributed by atoms with Crippen molar-refractivity contribution in [2.75, 3.05) is 0 Å². The first-order chi connectivity index (χ1) is 9.65. The molecule has 0 bridgehead atoms. The van der Waals surface area contributed by atoms with E-state index in [0.29, 0.717) is 11.4 Å². The van der Waals surface area contributed by atoms with Crippen molar-refractivity contribution in [3.63, 3.8) is 0 Å². The number of carbonyl (C=O) groups excluding carboxylic acids is 2. The molecule has 3 amide bonds. The number of aryl methyl sites for hydroxylation is 1. The van der Waals surface area contributed by atoms with Crippen LogP contribution < -0.4 is 0 Å². The molecule has 0 aromatic carbocycles. The van der Waals surface area contributed by atoms with Gasteiger partial charge in [0.15, 0.2) is 0 Å². The van der Waals surface area contributed by atoms with Gasteiger partial charge in [0.25, 0.3) is 0 Å². The molecule has 0 radical (unpaired) electrons. The lowest BCUT2D eigenvalue weighted by molar-refractivity contribution is -0.129. The van der Waals surface area contributed by atoms with Gasteiger partial charge in [-0.15, -0.1) is 0 Å². The summed E-state index contributed by atoms with van der Waals surface area (Å²) in [6.07, 6.45) is 7.02. The van der Waals surface area contributed by atoms with E-state index in [2.05, 4.69) is 9.98 Å². The highest BCUT2D eigenvalue weighted by Crippen LogP contribution is 2.20. The van der Waals surface area contributed by atoms with Crippen LogP contribution in [0.25, 0.3) is 0 Å². The molecular formula is C15H13N3O2. The zero-order valence-corrected chi connectivity index (χ0v) is 11.0. The molecule has 2 heterocycles. The molecule has 1 aromatic rings. The third kappa shape index (κ3) is 2.18. The van der Waals surface area contributed by atoms with Crippen LogP contribution in [0.1, 0.15) is 11.4 Å². The van der Waals surface area contributed by atoms with E-state index < -0.39 is 11.9 Å². The van der Waals surface area contributed by atoms with Crippen LogP contribution >= 0.6 is 0 Å². The number of pyridine rings is 1. The molecule has 1 aliphatic carbocycles. The van der Waals surface area contributed by atoms with Crippen LogP contribution in [0.4, 0.5) is 4.79 Å².